The summed E-state index contributed by atoms with van der Waals surface area (Å²) < 4.78 is 5.05. The lowest BCUT2D eigenvalue weighted by molar-refractivity contribution is 0.151. The Balaban J connectivity index is 2.18. The smallest absolute Gasteiger partial charge is 0.0587 e. The van der Waals surface area contributed by atoms with Gasteiger partial charge in [0.2, 0.25) is 0 Å². The average Bonchev–Trinajstić information content (AvgIpc) is 2.18. The van der Waals surface area contributed by atoms with Gasteiger partial charge < -0.3 is 10.1 Å². The highest BCUT2D eigenvalue weighted by Gasteiger charge is 2.29. The molecule has 1 fully saturated rings. The molecule has 0 bridgehead atoms. The van der Waals surface area contributed by atoms with Crippen molar-refractivity contribution in [1.29, 1.82) is 0 Å². The molecule has 0 aromatic carbocycles. The maximum atomic E-state index is 5.05. The zero-order valence-electron chi connectivity index (χ0n) is 10.8. The molecule has 90 valence electrons. The second kappa shape index (κ2) is 5.86. The molecule has 0 radical (unpaired) electrons. The first-order chi connectivity index (χ1) is 7.04. The van der Waals surface area contributed by atoms with Crippen LogP contribution in [0.4, 0.5) is 0 Å². The van der Waals surface area contributed by atoms with E-state index < -0.39 is 0 Å². The van der Waals surface area contributed by atoms with Crippen molar-refractivity contribution in [2.45, 2.75) is 52.5 Å². The Morgan fingerprint density at radius 1 is 1.13 bits per heavy atom. The first-order valence-electron chi connectivity index (χ1n) is 6.26. The molecule has 1 aliphatic rings. The number of hydrogen-bond donors (Lipinski definition) is 1. The van der Waals surface area contributed by atoms with Crippen molar-refractivity contribution in [3.63, 3.8) is 0 Å². The van der Waals surface area contributed by atoms with E-state index in [2.05, 4.69) is 26.1 Å². The van der Waals surface area contributed by atoms with Gasteiger partial charge in [-0.2, -0.15) is 0 Å². The first kappa shape index (κ1) is 13.0. The molecule has 0 atom stereocenters. The molecule has 2 heteroatoms. The van der Waals surface area contributed by atoms with Crippen LogP contribution < -0.4 is 5.32 Å². The molecule has 0 spiro atoms. The molecule has 0 unspecified atom stereocenters. The van der Waals surface area contributed by atoms with Gasteiger partial charge in [-0.15, -0.1) is 0 Å². The van der Waals surface area contributed by atoms with Crippen molar-refractivity contribution < 1.29 is 4.74 Å². The van der Waals surface area contributed by atoms with Crippen molar-refractivity contribution >= 4 is 0 Å². The Hall–Kier alpha value is -0.0800. The number of ether oxygens (including phenoxy) is 1. The molecule has 1 saturated carbocycles. The minimum Gasteiger partial charge on any atom is -0.383 e. The number of nitrogens with one attached hydrogen (secondary N) is 1. The Morgan fingerprint density at radius 2 is 1.73 bits per heavy atom. The van der Waals surface area contributed by atoms with Gasteiger partial charge in [-0.1, -0.05) is 20.8 Å². The molecular weight excluding hydrogens is 186 g/mol. The molecular formula is C13H27NO. The third-order valence-electron chi connectivity index (χ3n) is 3.69. The van der Waals surface area contributed by atoms with Gasteiger partial charge in [0.25, 0.3) is 0 Å². The minimum atomic E-state index is 0.498. The van der Waals surface area contributed by atoms with Gasteiger partial charge in [-0.25, -0.2) is 0 Å². The fourth-order valence-corrected chi connectivity index (χ4v) is 2.53. The summed E-state index contributed by atoms with van der Waals surface area (Å²) in [4.78, 5) is 0. The normalized spacial score (nSPS) is 28.0. The summed E-state index contributed by atoms with van der Waals surface area (Å²) in [5.74, 6) is 0.915. The van der Waals surface area contributed by atoms with Gasteiger partial charge in [0.05, 0.1) is 6.61 Å². The lowest BCUT2D eigenvalue weighted by Gasteiger charge is -2.37. The van der Waals surface area contributed by atoms with E-state index in [4.69, 9.17) is 4.74 Å². The summed E-state index contributed by atoms with van der Waals surface area (Å²) in [6.45, 7) is 8.95. The van der Waals surface area contributed by atoms with Crippen LogP contribution in [-0.4, -0.2) is 26.3 Å². The number of methoxy groups -OCH3 is 1. The van der Waals surface area contributed by atoms with Crippen LogP contribution in [0.1, 0.15) is 46.5 Å². The summed E-state index contributed by atoms with van der Waals surface area (Å²) >= 11 is 0. The fourth-order valence-electron chi connectivity index (χ4n) is 2.53. The first-order valence-corrected chi connectivity index (χ1v) is 6.26. The SMILES string of the molecule is COCCNC1CCC(C(C)(C)C)CC1. The largest absolute Gasteiger partial charge is 0.383 e. The summed E-state index contributed by atoms with van der Waals surface area (Å²) in [7, 11) is 1.76. The standard InChI is InChI=1S/C13H27NO/c1-13(2,3)11-5-7-12(8-6-11)14-9-10-15-4/h11-12,14H,5-10H2,1-4H3. The zero-order chi connectivity index (χ0) is 11.3. The van der Waals surface area contributed by atoms with Crippen molar-refractivity contribution in [2.75, 3.05) is 20.3 Å². The maximum absolute atomic E-state index is 5.05. The predicted octanol–water partition coefficient (Wildman–Crippen LogP) is 2.83. The van der Waals surface area contributed by atoms with Crippen LogP contribution in [0.25, 0.3) is 0 Å². The second-order valence-corrected chi connectivity index (χ2v) is 5.86. The third kappa shape index (κ3) is 4.52. The Labute approximate surface area is 94.8 Å². The lowest BCUT2D eigenvalue weighted by Crippen LogP contribution is -2.37. The van der Waals surface area contributed by atoms with E-state index >= 15 is 0 Å². The molecule has 15 heavy (non-hydrogen) atoms. The third-order valence-corrected chi connectivity index (χ3v) is 3.69. The summed E-state index contributed by atoms with van der Waals surface area (Å²) in [6, 6.07) is 0.735. The van der Waals surface area contributed by atoms with E-state index in [0.717, 1.165) is 25.1 Å². The van der Waals surface area contributed by atoms with Crippen LogP contribution in [0.2, 0.25) is 0 Å². The Kier molecular flexibility index (Phi) is 5.07. The molecule has 1 N–H and O–H groups in total. The fraction of sp³-hybridized carbons (Fsp3) is 1.00. The maximum Gasteiger partial charge on any atom is 0.0587 e. The quantitative estimate of drug-likeness (QED) is 0.725. The summed E-state index contributed by atoms with van der Waals surface area (Å²) in [5, 5.41) is 3.57. The van der Waals surface area contributed by atoms with Gasteiger partial charge in [-0.3, -0.25) is 0 Å². The topological polar surface area (TPSA) is 21.3 Å². The molecule has 0 saturated heterocycles. The second-order valence-electron chi connectivity index (χ2n) is 5.86. The zero-order valence-corrected chi connectivity index (χ0v) is 10.8. The van der Waals surface area contributed by atoms with E-state index in [1.165, 1.54) is 25.7 Å². The van der Waals surface area contributed by atoms with Crippen LogP contribution in [0.3, 0.4) is 0 Å². The predicted molar refractivity (Wildman–Crippen MR) is 65.1 cm³/mol. The molecule has 1 aliphatic carbocycles. The van der Waals surface area contributed by atoms with Gasteiger partial charge in [-0.05, 0) is 37.0 Å². The van der Waals surface area contributed by atoms with Gasteiger partial charge in [0.15, 0.2) is 0 Å². The van der Waals surface area contributed by atoms with Crippen LogP contribution in [0.5, 0.6) is 0 Å². The Bertz CT molecular complexity index is 166. The van der Waals surface area contributed by atoms with E-state index in [1.54, 1.807) is 7.11 Å². The molecule has 2 nitrogen and oxygen atoms in total. The highest BCUT2D eigenvalue weighted by molar-refractivity contribution is 4.83. The average molecular weight is 213 g/mol. The molecule has 0 aliphatic heterocycles. The summed E-state index contributed by atoms with van der Waals surface area (Å²) in [6.07, 6.45) is 5.44. The highest BCUT2D eigenvalue weighted by Crippen LogP contribution is 2.37. The van der Waals surface area contributed by atoms with Crippen LogP contribution >= 0.6 is 0 Å². The lowest BCUT2D eigenvalue weighted by atomic mass is 9.71. The molecule has 0 amide bonds. The van der Waals surface area contributed by atoms with Crippen molar-refractivity contribution in [3.05, 3.63) is 0 Å². The Morgan fingerprint density at radius 3 is 2.20 bits per heavy atom. The molecule has 0 aromatic rings. The van der Waals surface area contributed by atoms with Gasteiger partial charge >= 0.3 is 0 Å². The molecule has 1 rings (SSSR count). The van der Waals surface area contributed by atoms with Gasteiger partial charge in [0.1, 0.15) is 0 Å². The van der Waals surface area contributed by atoms with Crippen LogP contribution in [0.15, 0.2) is 0 Å². The molecule has 0 heterocycles. The van der Waals surface area contributed by atoms with E-state index in [0.29, 0.717) is 5.41 Å². The van der Waals surface area contributed by atoms with Gasteiger partial charge in [0, 0.05) is 19.7 Å². The number of hydrogen-bond acceptors (Lipinski definition) is 2. The highest BCUT2D eigenvalue weighted by atomic mass is 16.5. The van der Waals surface area contributed by atoms with E-state index in [-0.39, 0.29) is 0 Å². The monoisotopic (exact) mass is 213 g/mol. The number of rotatable bonds is 4. The van der Waals surface area contributed by atoms with Crippen LogP contribution in [-0.2, 0) is 4.74 Å². The van der Waals surface area contributed by atoms with Crippen molar-refractivity contribution in [1.82, 2.24) is 5.32 Å². The van der Waals surface area contributed by atoms with Crippen molar-refractivity contribution in [2.24, 2.45) is 11.3 Å². The van der Waals surface area contributed by atoms with E-state index in [9.17, 15) is 0 Å². The minimum absolute atomic E-state index is 0.498. The summed E-state index contributed by atoms with van der Waals surface area (Å²) in [5.41, 5.74) is 0.498. The van der Waals surface area contributed by atoms with Crippen LogP contribution in [0, 0.1) is 11.3 Å². The van der Waals surface area contributed by atoms with E-state index in [1.807, 2.05) is 0 Å². The van der Waals surface area contributed by atoms with Crippen molar-refractivity contribution in [3.8, 4) is 0 Å². The molecule has 0 aromatic heterocycles.